The van der Waals surface area contributed by atoms with E-state index in [1.165, 1.54) is 11.8 Å². The number of amides is 1. The van der Waals surface area contributed by atoms with Crippen molar-refractivity contribution >= 4 is 54.8 Å². The minimum Gasteiger partial charge on any atom is -0.457 e. The van der Waals surface area contributed by atoms with Gasteiger partial charge in [0.1, 0.15) is 15.8 Å². The fourth-order valence-electron chi connectivity index (χ4n) is 1.83. The van der Waals surface area contributed by atoms with Crippen molar-refractivity contribution in [2.24, 2.45) is 0 Å². The lowest BCUT2D eigenvalue weighted by Gasteiger charge is -1.98. The minimum atomic E-state index is -0.176. The summed E-state index contributed by atoms with van der Waals surface area (Å²) in [5.74, 6) is 1.23. The second-order valence-corrected chi connectivity index (χ2v) is 6.57. The molecular formula is C14H10NO2PS2. The average molecular weight is 319 g/mol. The highest BCUT2D eigenvalue weighted by molar-refractivity contribution is 8.26. The van der Waals surface area contributed by atoms with Gasteiger partial charge in [0.15, 0.2) is 0 Å². The number of carbonyl (C=O) groups is 1. The van der Waals surface area contributed by atoms with Gasteiger partial charge >= 0.3 is 0 Å². The molecule has 20 heavy (non-hydrogen) atoms. The van der Waals surface area contributed by atoms with Crippen molar-refractivity contribution in [1.29, 1.82) is 0 Å². The number of carbonyl (C=O) groups excluding carboxylic acids is 1. The summed E-state index contributed by atoms with van der Waals surface area (Å²) in [6.07, 6.45) is 1.70. The van der Waals surface area contributed by atoms with Crippen molar-refractivity contribution in [3.05, 3.63) is 47.1 Å². The van der Waals surface area contributed by atoms with E-state index < -0.39 is 0 Å². The Bertz CT molecular complexity index is 736. The van der Waals surface area contributed by atoms with Crippen LogP contribution in [-0.4, -0.2) is 10.2 Å². The van der Waals surface area contributed by atoms with Crippen LogP contribution in [0.25, 0.3) is 17.4 Å². The average Bonchev–Trinajstić information content (AvgIpc) is 2.97. The molecule has 0 bridgehead atoms. The number of rotatable bonds is 2. The van der Waals surface area contributed by atoms with E-state index in [0.29, 0.717) is 15.0 Å². The van der Waals surface area contributed by atoms with Gasteiger partial charge in [-0.3, -0.25) is 4.79 Å². The van der Waals surface area contributed by atoms with Crippen molar-refractivity contribution in [1.82, 2.24) is 5.32 Å². The summed E-state index contributed by atoms with van der Waals surface area (Å²) >= 11 is 6.19. The summed E-state index contributed by atoms with van der Waals surface area (Å²) in [6.45, 7) is 0. The zero-order valence-corrected chi connectivity index (χ0v) is 13.0. The molecule has 2 heterocycles. The van der Waals surface area contributed by atoms with E-state index in [1.807, 2.05) is 36.4 Å². The Morgan fingerprint density at radius 3 is 2.85 bits per heavy atom. The van der Waals surface area contributed by atoms with Gasteiger partial charge in [-0.05, 0) is 23.5 Å². The number of hydrogen-bond donors (Lipinski definition) is 1. The Hall–Kier alpha value is -1.42. The fourth-order valence-corrected chi connectivity index (χ4v) is 3.14. The van der Waals surface area contributed by atoms with Crippen LogP contribution in [0.3, 0.4) is 0 Å². The zero-order valence-electron chi connectivity index (χ0n) is 10.3. The van der Waals surface area contributed by atoms with Crippen LogP contribution in [0, 0.1) is 0 Å². The van der Waals surface area contributed by atoms with Crippen LogP contribution in [-0.2, 0) is 4.79 Å². The summed E-state index contributed by atoms with van der Waals surface area (Å²) in [5, 5.41) is 3.67. The molecule has 0 spiro atoms. The smallest absolute Gasteiger partial charge is 0.263 e. The third kappa shape index (κ3) is 2.85. The monoisotopic (exact) mass is 319 g/mol. The van der Waals surface area contributed by atoms with Crippen LogP contribution in [0.4, 0.5) is 0 Å². The maximum atomic E-state index is 11.6. The predicted molar refractivity (Wildman–Crippen MR) is 89.8 cm³/mol. The molecule has 3 rings (SSSR count). The van der Waals surface area contributed by atoms with E-state index in [4.69, 9.17) is 16.6 Å². The van der Waals surface area contributed by atoms with Crippen molar-refractivity contribution in [2.75, 3.05) is 0 Å². The highest BCUT2D eigenvalue weighted by Gasteiger charge is 2.22. The molecule has 1 aromatic heterocycles. The zero-order chi connectivity index (χ0) is 14.1. The van der Waals surface area contributed by atoms with Crippen LogP contribution < -0.4 is 10.6 Å². The second-order valence-electron chi connectivity index (χ2n) is 4.18. The number of benzene rings is 1. The molecule has 6 heteroatoms. The first-order valence-electron chi connectivity index (χ1n) is 5.82. The van der Waals surface area contributed by atoms with Gasteiger partial charge in [-0.25, -0.2) is 0 Å². The van der Waals surface area contributed by atoms with Crippen LogP contribution >= 0.6 is 33.2 Å². The Labute approximate surface area is 128 Å². The van der Waals surface area contributed by atoms with Gasteiger partial charge in [0.05, 0.1) is 4.91 Å². The molecule has 3 nitrogen and oxygen atoms in total. The molecule has 1 unspecified atom stereocenters. The summed E-state index contributed by atoms with van der Waals surface area (Å²) in [4.78, 5) is 12.1. The van der Waals surface area contributed by atoms with Crippen molar-refractivity contribution in [3.8, 4) is 11.3 Å². The standard InChI is InChI=1S/C14H10NO2PS2/c16-13-12(20-14(19)15-13)7-9-4-5-11(17-9)8-2-1-3-10(18)6-8/h1-7H,18H2,(H,15,16,19)/b12-7-. The van der Waals surface area contributed by atoms with E-state index in [9.17, 15) is 4.79 Å². The predicted octanol–water partition coefficient (Wildman–Crippen LogP) is 2.94. The van der Waals surface area contributed by atoms with Gasteiger partial charge in [-0.2, -0.15) is 0 Å². The fraction of sp³-hybridized carbons (Fsp3) is 0. The Morgan fingerprint density at radius 1 is 1.30 bits per heavy atom. The van der Waals surface area contributed by atoms with Crippen LogP contribution in [0.15, 0.2) is 45.7 Å². The lowest BCUT2D eigenvalue weighted by Crippen LogP contribution is -2.17. The lowest BCUT2D eigenvalue weighted by molar-refractivity contribution is -0.115. The lowest BCUT2D eigenvalue weighted by atomic mass is 10.2. The molecule has 1 N–H and O–H groups in total. The van der Waals surface area contributed by atoms with Gasteiger partial charge in [0.2, 0.25) is 0 Å². The Morgan fingerprint density at radius 2 is 2.15 bits per heavy atom. The van der Waals surface area contributed by atoms with Gasteiger partial charge in [-0.15, -0.1) is 9.24 Å². The summed E-state index contributed by atoms with van der Waals surface area (Å²) in [5.41, 5.74) is 1.00. The van der Waals surface area contributed by atoms with Crippen molar-refractivity contribution in [3.63, 3.8) is 0 Å². The van der Waals surface area contributed by atoms with E-state index >= 15 is 0 Å². The molecule has 1 aliphatic heterocycles. The van der Waals surface area contributed by atoms with Crippen molar-refractivity contribution < 1.29 is 9.21 Å². The Balaban J connectivity index is 1.89. The number of thiocarbonyl (C=S) groups is 1. The topological polar surface area (TPSA) is 42.2 Å². The van der Waals surface area contributed by atoms with Gasteiger partial charge in [0, 0.05) is 11.6 Å². The first kappa shape index (κ1) is 13.6. The first-order chi connectivity index (χ1) is 9.61. The Kier molecular flexibility index (Phi) is 3.74. The molecule has 1 aliphatic rings. The maximum absolute atomic E-state index is 11.6. The quantitative estimate of drug-likeness (QED) is 0.525. The summed E-state index contributed by atoms with van der Waals surface area (Å²) < 4.78 is 6.22. The van der Waals surface area contributed by atoms with Gasteiger partial charge < -0.3 is 9.73 Å². The molecule has 1 saturated heterocycles. The first-order valence-corrected chi connectivity index (χ1v) is 7.62. The third-order valence-corrected chi connectivity index (χ3v) is 4.24. The maximum Gasteiger partial charge on any atom is 0.263 e. The molecular weight excluding hydrogens is 309 g/mol. The van der Waals surface area contributed by atoms with E-state index in [-0.39, 0.29) is 5.91 Å². The highest BCUT2D eigenvalue weighted by Crippen LogP contribution is 2.28. The van der Waals surface area contributed by atoms with E-state index in [2.05, 4.69) is 14.6 Å². The van der Waals surface area contributed by atoms with Crippen molar-refractivity contribution in [2.45, 2.75) is 0 Å². The molecule has 0 aliphatic carbocycles. The molecule has 100 valence electrons. The van der Waals surface area contributed by atoms with Gasteiger partial charge in [0.25, 0.3) is 5.91 Å². The molecule has 2 aromatic rings. The minimum absolute atomic E-state index is 0.176. The van der Waals surface area contributed by atoms with Gasteiger partial charge in [-0.1, -0.05) is 42.2 Å². The summed E-state index contributed by atoms with van der Waals surface area (Å²) in [6, 6.07) is 11.7. The SMILES string of the molecule is O=C1NC(=S)S/C1=C\c1ccc(-c2cccc(P)c2)o1. The van der Waals surface area contributed by atoms with E-state index in [0.717, 1.165) is 16.6 Å². The number of hydrogen-bond acceptors (Lipinski definition) is 4. The molecule has 1 amide bonds. The number of thioether (sulfide) groups is 1. The number of nitrogens with one attached hydrogen (secondary N) is 1. The second kappa shape index (κ2) is 5.52. The van der Waals surface area contributed by atoms with Crippen LogP contribution in [0.5, 0.6) is 0 Å². The summed E-state index contributed by atoms with van der Waals surface area (Å²) in [7, 11) is 2.66. The van der Waals surface area contributed by atoms with Crippen LogP contribution in [0.2, 0.25) is 0 Å². The molecule has 1 atom stereocenters. The molecule has 0 saturated carbocycles. The largest absolute Gasteiger partial charge is 0.457 e. The molecule has 1 fully saturated rings. The molecule has 1 aromatic carbocycles. The van der Waals surface area contributed by atoms with Crippen LogP contribution in [0.1, 0.15) is 5.76 Å². The van der Waals surface area contributed by atoms with E-state index in [1.54, 1.807) is 6.08 Å². The molecule has 0 radical (unpaired) electrons. The number of furan rings is 1. The third-order valence-electron chi connectivity index (χ3n) is 2.71. The normalized spacial score (nSPS) is 16.8. The highest BCUT2D eigenvalue weighted by atomic mass is 32.2.